The monoisotopic (exact) mass is 343 g/mol. The fourth-order valence-corrected chi connectivity index (χ4v) is 2.75. The lowest BCUT2D eigenvalue weighted by molar-refractivity contribution is -0.142. The quantitative estimate of drug-likeness (QED) is 0.578. The van der Waals surface area contributed by atoms with E-state index in [1.54, 1.807) is 35.7 Å². The van der Waals surface area contributed by atoms with Crippen LogP contribution in [0.2, 0.25) is 0 Å². The molecule has 122 valence electrons. The number of esters is 1. The SMILES string of the molecule is COC(=O)[C@@H](CCSC)NC(=O)c1ccc(SC)cc1OC. The van der Waals surface area contributed by atoms with Crippen LogP contribution in [0.1, 0.15) is 16.8 Å². The summed E-state index contributed by atoms with van der Waals surface area (Å²) >= 11 is 3.17. The third-order valence-corrected chi connectivity index (χ3v) is 4.42. The first-order valence-electron chi connectivity index (χ1n) is 6.67. The number of methoxy groups -OCH3 is 2. The van der Waals surface area contributed by atoms with Crippen molar-refractivity contribution < 1.29 is 19.1 Å². The van der Waals surface area contributed by atoms with Gasteiger partial charge in [0.1, 0.15) is 11.8 Å². The molecule has 0 saturated carbocycles. The Morgan fingerprint density at radius 1 is 1.27 bits per heavy atom. The molecule has 0 aliphatic rings. The minimum absolute atomic E-state index is 0.346. The molecule has 0 aromatic heterocycles. The molecule has 0 unspecified atom stereocenters. The highest BCUT2D eigenvalue weighted by atomic mass is 32.2. The Morgan fingerprint density at radius 2 is 2.00 bits per heavy atom. The predicted molar refractivity (Wildman–Crippen MR) is 91.0 cm³/mol. The fourth-order valence-electron chi connectivity index (χ4n) is 1.85. The second-order valence-corrected chi connectivity index (χ2v) is 6.26. The van der Waals surface area contributed by atoms with Gasteiger partial charge in [-0.15, -0.1) is 11.8 Å². The summed E-state index contributed by atoms with van der Waals surface area (Å²) in [6.07, 6.45) is 4.41. The van der Waals surface area contributed by atoms with Gasteiger partial charge < -0.3 is 14.8 Å². The van der Waals surface area contributed by atoms with Gasteiger partial charge in [0.25, 0.3) is 5.91 Å². The van der Waals surface area contributed by atoms with Crippen LogP contribution in [0.4, 0.5) is 0 Å². The van der Waals surface area contributed by atoms with E-state index < -0.39 is 12.0 Å². The Hall–Kier alpha value is -1.34. The fraction of sp³-hybridized carbons (Fsp3) is 0.467. The van der Waals surface area contributed by atoms with E-state index in [2.05, 4.69) is 5.32 Å². The predicted octanol–water partition coefficient (Wildman–Crippen LogP) is 2.44. The number of thioether (sulfide) groups is 2. The Morgan fingerprint density at radius 3 is 2.55 bits per heavy atom. The number of nitrogens with one attached hydrogen (secondary N) is 1. The van der Waals surface area contributed by atoms with E-state index in [0.29, 0.717) is 17.7 Å². The molecule has 0 saturated heterocycles. The van der Waals surface area contributed by atoms with Crippen molar-refractivity contribution in [2.75, 3.05) is 32.5 Å². The average Bonchev–Trinajstić information content (AvgIpc) is 2.56. The Balaban J connectivity index is 2.91. The second-order valence-electron chi connectivity index (χ2n) is 4.40. The van der Waals surface area contributed by atoms with Gasteiger partial charge in [-0.05, 0) is 42.9 Å². The summed E-state index contributed by atoms with van der Waals surface area (Å²) in [6.45, 7) is 0. The third-order valence-electron chi connectivity index (χ3n) is 3.05. The number of carbonyl (C=O) groups excluding carboxylic acids is 2. The van der Waals surface area contributed by atoms with Gasteiger partial charge in [0.15, 0.2) is 0 Å². The van der Waals surface area contributed by atoms with E-state index in [1.807, 2.05) is 18.6 Å². The first-order valence-corrected chi connectivity index (χ1v) is 9.28. The summed E-state index contributed by atoms with van der Waals surface area (Å²) in [6, 6.07) is 4.68. The molecule has 1 aromatic carbocycles. The topological polar surface area (TPSA) is 64.6 Å². The van der Waals surface area contributed by atoms with Crippen molar-refractivity contribution in [1.29, 1.82) is 0 Å². The van der Waals surface area contributed by atoms with Gasteiger partial charge in [-0.1, -0.05) is 0 Å². The third kappa shape index (κ3) is 5.14. The number of hydrogen-bond acceptors (Lipinski definition) is 6. The molecule has 0 spiro atoms. The lowest BCUT2D eigenvalue weighted by Gasteiger charge is -2.17. The van der Waals surface area contributed by atoms with Gasteiger partial charge in [0.2, 0.25) is 0 Å². The van der Waals surface area contributed by atoms with Crippen LogP contribution in [0.25, 0.3) is 0 Å². The maximum Gasteiger partial charge on any atom is 0.328 e. The van der Waals surface area contributed by atoms with Crippen molar-refractivity contribution in [3.8, 4) is 5.75 Å². The van der Waals surface area contributed by atoms with Gasteiger partial charge in [-0.25, -0.2) is 4.79 Å². The maximum atomic E-state index is 12.4. The van der Waals surface area contributed by atoms with Crippen LogP contribution < -0.4 is 10.1 Å². The van der Waals surface area contributed by atoms with Crippen LogP contribution in [0.5, 0.6) is 5.75 Å². The first kappa shape index (κ1) is 18.7. The lowest BCUT2D eigenvalue weighted by atomic mass is 10.1. The smallest absolute Gasteiger partial charge is 0.328 e. The molecule has 22 heavy (non-hydrogen) atoms. The summed E-state index contributed by atoms with van der Waals surface area (Å²) in [7, 11) is 2.83. The van der Waals surface area contributed by atoms with Crippen molar-refractivity contribution in [3.63, 3.8) is 0 Å². The van der Waals surface area contributed by atoms with E-state index in [1.165, 1.54) is 14.2 Å². The van der Waals surface area contributed by atoms with Crippen molar-refractivity contribution >= 4 is 35.4 Å². The number of rotatable bonds is 8. The minimum Gasteiger partial charge on any atom is -0.496 e. The molecular weight excluding hydrogens is 322 g/mol. The second kappa shape index (κ2) is 9.63. The Labute approximate surface area is 139 Å². The standard InChI is InChI=1S/C15H21NO4S2/c1-19-13-9-10(22-4)5-6-11(13)14(17)16-12(7-8-21-3)15(18)20-2/h5-6,9,12H,7-8H2,1-4H3,(H,16,17)/t12-/m1/s1. The molecule has 0 aliphatic heterocycles. The van der Waals surface area contributed by atoms with Gasteiger partial charge in [-0.2, -0.15) is 11.8 Å². The first-order chi connectivity index (χ1) is 10.6. The molecule has 1 atom stereocenters. The molecule has 0 bridgehead atoms. The Bertz CT molecular complexity index is 522. The number of hydrogen-bond donors (Lipinski definition) is 1. The summed E-state index contributed by atoms with van der Waals surface area (Å²) in [5.41, 5.74) is 0.401. The number of benzene rings is 1. The van der Waals surface area contributed by atoms with Crippen molar-refractivity contribution in [2.24, 2.45) is 0 Å². The van der Waals surface area contributed by atoms with Gasteiger partial charge in [0, 0.05) is 4.90 Å². The number of ether oxygens (including phenoxy) is 2. The van der Waals surface area contributed by atoms with E-state index in [0.717, 1.165) is 10.6 Å². The van der Waals surface area contributed by atoms with Crippen molar-refractivity contribution in [3.05, 3.63) is 23.8 Å². The molecule has 1 rings (SSSR count). The molecule has 1 amide bonds. The molecule has 7 heteroatoms. The molecule has 0 aliphatic carbocycles. The van der Waals surface area contributed by atoms with E-state index >= 15 is 0 Å². The largest absolute Gasteiger partial charge is 0.496 e. The Kier molecular flexibility index (Phi) is 8.19. The summed E-state index contributed by atoms with van der Waals surface area (Å²) < 4.78 is 10.0. The highest BCUT2D eigenvalue weighted by Crippen LogP contribution is 2.25. The highest BCUT2D eigenvalue weighted by Gasteiger charge is 2.23. The van der Waals surface area contributed by atoms with Crippen LogP contribution in [0, 0.1) is 0 Å². The summed E-state index contributed by atoms with van der Waals surface area (Å²) in [5.74, 6) is 0.448. The van der Waals surface area contributed by atoms with E-state index in [9.17, 15) is 9.59 Å². The van der Waals surface area contributed by atoms with Crippen LogP contribution in [0.15, 0.2) is 23.1 Å². The highest BCUT2D eigenvalue weighted by molar-refractivity contribution is 7.98. The van der Waals surface area contributed by atoms with Crippen LogP contribution in [-0.4, -0.2) is 50.4 Å². The zero-order valence-corrected chi connectivity index (χ0v) is 14.8. The molecule has 0 heterocycles. The lowest BCUT2D eigenvalue weighted by Crippen LogP contribution is -2.42. The molecular formula is C15H21NO4S2. The zero-order chi connectivity index (χ0) is 16.5. The van der Waals surface area contributed by atoms with Crippen LogP contribution in [-0.2, 0) is 9.53 Å². The average molecular weight is 343 g/mol. The van der Waals surface area contributed by atoms with Crippen molar-refractivity contribution in [1.82, 2.24) is 5.32 Å². The van der Waals surface area contributed by atoms with E-state index in [-0.39, 0.29) is 5.91 Å². The van der Waals surface area contributed by atoms with Gasteiger partial charge in [0.05, 0.1) is 19.8 Å². The zero-order valence-electron chi connectivity index (χ0n) is 13.2. The van der Waals surface area contributed by atoms with E-state index in [4.69, 9.17) is 9.47 Å². The molecule has 1 aromatic rings. The number of carbonyl (C=O) groups is 2. The number of amides is 1. The molecule has 0 radical (unpaired) electrons. The summed E-state index contributed by atoms with van der Waals surface area (Å²) in [5, 5.41) is 2.72. The van der Waals surface area contributed by atoms with Crippen LogP contribution >= 0.6 is 23.5 Å². The van der Waals surface area contributed by atoms with Gasteiger partial charge in [-0.3, -0.25) is 4.79 Å². The minimum atomic E-state index is -0.658. The van der Waals surface area contributed by atoms with Crippen molar-refractivity contribution in [2.45, 2.75) is 17.4 Å². The maximum absolute atomic E-state index is 12.4. The van der Waals surface area contributed by atoms with Gasteiger partial charge >= 0.3 is 5.97 Å². The summed E-state index contributed by atoms with van der Waals surface area (Å²) in [4.78, 5) is 25.2. The van der Waals surface area contributed by atoms with Crippen LogP contribution in [0.3, 0.4) is 0 Å². The molecule has 5 nitrogen and oxygen atoms in total. The molecule has 0 fully saturated rings. The normalized spacial score (nSPS) is 11.6. The molecule has 1 N–H and O–H groups in total.